The summed E-state index contributed by atoms with van der Waals surface area (Å²) in [5.74, 6) is 0.185. The normalized spacial score (nSPS) is 13.2. The van der Waals surface area contributed by atoms with Crippen molar-refractivity contribution >= 4 is 17.3 Å². The summed E-state index contributed by atoms with van der Waals surface area (Å²) < 4.78 is 124. The van der Waals surface area contributed by atoms with Gasteiger partial charge in [-0.2, -0.15) is 39.5 Å². The van der Waals surface area contributed by atoms with Gasteiger partial charge < -0.3 is 14.4 Å². The van der Waals surface area contributed by atoms with E-state index in [0.29, 0.717) is 27.6 Å². The number of oxazole rings is 1. The molecule has 3 aromatic rings. The molecule has 0 atom stereocenters. The summed E-state index contributed by atoms with van der Waals surface area (Å²) in [4.78, 5) is 4.82. The summed E-state index contributed by atoms with van der Waals surface area (Å²) in [6, 6.07) is 8.06. The molecule has 0 radical (unpaired) electrons. The van der Waals surface area contributed by atoms with Crippen molar-refractivity contribution in [2.45, 2.75) is 37.6 Å². The smallest absolute Gasteiger partial charge is 0.430 e. The molecule has 36 heavy (non-hydrogen) atoms. The summed E-state index contributed by atoms with van der Waals surface area (Å²) in [5.41, 5.74) is -6.70. The molecule has 0 aliphatic carbocycles. The van der Waals surface area contributed by atoms with Gasteiger partial charge in [0, 0.05) is 21.8 Å². The number of aryl methyl sites for hydroxylation is 1. The van der Waals surface area contributed by atoms with Crippen molar-refractivity contribution in [3.63, 3.8) is 0 Å². The fourth-order valence-corrected chi connectivity index (χ4v) is 3.55. The van der Waals surface area contributed by atoms with Crippen LogP contribution in [0.15, 0.2) is 52.9 Å². The molecular formula is C22H16ClF9N2O2. The Labute approximate surface area is 202 Å². The molecule has 0 fully saturated rings. The van der Waals surface area contributed by atoms with Crippen molar-refractivity contribution in [1.29, 1.82) is 0 Å². The number of hydrogen-bond donors (Lipinski definition) is 1. The maximum Gasteiger partial charge on any atom is 0.430 e. The van der Waals surface area contributed by atoms with Crippen LogP contribution in [-0.2, 0) is 12.1 Å². The average Bonchev–Trinajstić information content (AvgIpc) is 3.10. The molecule has 4 nitrogen and oxygen atoms in total. The van der Waals surface area contributed by atoms with Gasteiger partial charge in [0.05, 0.1) is 6.54 Å². The topological polar surface area (TPSA) is 49.5 Å². The third-order valence-corrected chi connectivity index (χ3v) is 5.38. The molecule has 0 saturated heterocycles. The highest BCUT2D eigenvalue weighted by Gasteiger charge is 2.71. The van der Waals surface area contributed by atoms with E-state index in [0.717, 1.165) is 0 Å². The minimum atomic E-state index is -6.13. The van der Waals surface area contributed by atoms with Gasteiger partial charge in [-0.15, -0.1) is 0 Å². The van der Waals surface area contributed by atoms with E-state index in [1.54, 1.807) is 18.2 Å². The number of rotatable bonds is 6. The molecule has 1 aromatic heterocycles. The Morgan fingerprint density at radius 2 is 1.50 bits per heavy atom. The Morgan fingerprint density at radius 1 is 0.917 bits per heavy atom. The second kappa shape index (κ2) is 9.51. The van der Waals surface area contributed by atoms with Crippen molar-refractivity contribution in [1.82, 2.24) is 4.98 Å². The van der Waals surface area contributed by atoms with E-state index in [1.807, 2.05) is 0 Å². The van der Waals surface area contributed by atoms with Gasteiger partial charge in [-0.1, -0.05) is 29.8 Å². The van der Waals surface area contributed by atoms with Crippen molar-refractivity contribution in [2.75, 3.05) is 11.4 Å². The van der Waals surface area contributed by atoms with E-state index in [9.17, 15) is 44.6 Å². The molecule has 0 aliphatic heterocycles. The molecule has 1 heterocycles. The zero-order valence-electron chi connectivity index (χ0n) is 18.1. The van der Waals surface area contributed by atoms with Crippen molar-refractivity contribution in [2.24, 2.45) is 0 Å². The number of aromatic nitrogens is 1. The minimum Gasteiger partial charge on any atom is -0.441 e. The van der Waals surface area contributed by atoms with Crippen LogP contribution < -0.4 is 4.90 Å². The Hall–Kier alpha value is -2.93. The van der Waals surface area contributed by atoms with E-state index < -0.39 is 42.8 Å². The van der Waals surface area contributed by atoms with Gasteiger partial charge >= 0.3 is 18.5 Å². The summed E-state index contributed by atoms with van der Waals surface area (Å²) in [7, 11) is 0. The SMILES string of the molecule is Cc1oc(-c2cccc(Cl)c2)nc1CN(CC(F)(F)F)c1ccc(C(O)(C(F)(F)F)C(F)(F)F)cc1. The number of nitrogens with zero attached hydrogens (tertiary/aromatic N) is 2. The summed E-state index contributed by atoms with van der Waals surface area (Å²) in [6.07, 6.45) is -17.1. The fraction of sp³-hybridized carbons (Fsp3) is 0.318. The Kier molecular flexibility index (Phi) is 7.30. The summed E-state index contributed by atoms with van der Waals surface area (Å²) in [6.45, 7) is -0.719. The first kappa shape index (κ1) is 27.7. The first-order valence-electron chi connectivity index (χ1n) is 9.92. The van der Waals surface area contributed by atoms with E-state index in [-0.39, 0.29) is 35.2 Å². The van der Waals surface area contributed by atoms with Gasteiger partial charge in [0.15, 0.2) is 0 Å². The van der Waals surface area contributed by atoms with Crippen LogP contribution in [0.5, 0.6) is 0 Å². The number of aliphatic hydroxyl groups is 1. The van der Waals surface area contributed by atoms with Crippen LogP contribution in [0.3, 0.4) is 0 Å². The van der Waals surface area contributed by atoms with Gasteiger partial charge in [-0.25, -0.2) is 4.98 Å². The summed E-state index contributed by atoms with van der Waals surface area (Å²) >= 11 is 5.92. The van der Waals surface area contributed by atoms with Gasteiger partial charge in [0.25, 0.3) is 5.60 Å². The molecule has 0 amide bonds. The Balaban J connectivity index is 1.97. The second-order valence-corrected chi connectivity index (χ2v) is 8.19. The van der Waals surface area contributed by atoms with Crippen LogP contribution in [0, 0.1) is 6.92 Å². The molecule has 3 rings (SSSR count). The van der Waals surface area contributed by atoms with E-state index in [2.05, 4.69) is 4.98 Å². The van der Waals surface area contributed by atoms with Gasteiger partial charge in [-0.05, 0) is 37.3 Å². The summed E-state index contributed by atoms with van der Waals surface area (Å²) in [5, 5.41) is 9.85. The Morgan fingerprint density at radius 3 is 2.00 bits per heavy atom. The highest BCUT2D eigenvalue weighted by molar-refractivity contribution is 6.30. The van der Waals surface area contributed by atoms with E-state index >= 15 is 0 Å². The van der Waals surface area contributed by atoms with Crippen LogP contribution in [0.2, 0.25) is 5.02 Å². The van der Waals surface area contributed by atoms with Crippen molar-refractivity contribution in [3.05, 3.63) is 70.6 Å². The van der Waals surface area contributed by atoms with Gasteiger partial charge in [0.2, 0.25) is 5.89 Å². The predicted octanol–water partition coefficient (Wildman–Crippen LogP) is 7.18. The highest BCUT2D eigenvalue weighted by atomic mass is 35.5. The number of halogens is 10. The molecule has 0 bridgehead atoms. The minimum absolute atomic E-state index is 0.0420. The quantitative estimate of drug-likeness (QED) is 0.333. The lowest BCUT2D eigenvalue weighted by atomic mass is 9.92. The fourth-order valence-electron chi connectivity index (χ4n) is 3.36. The molecule has 2 aromatic carbocycles. The second-order valence-electron chi connectivity index (χ2n) is 7.76. The lowest BCUT2D eigenvalue weighted by Crippen LogP contribution is -2.53. The van der Waals surface area contributed by atoms with Gasteiger partial charge in [-0.3, -0.25) is 0 Å². The molecular weight excluding hydrogens is 531 g/mol. The maximum absolute atomic E-state index is 13.3. The molecule has 0 saturated carbocycles. The van der Waals surface area contributed by atoms with Crippen LogP contribution in [0.25, 0.3) is 11.5 Å². The molecule has 14 heteroatoms. The van der Waals surface area contributed by atoms with Crippen molar-refractivity contribution in [3.8, 4) is 11.5 Å². The predicted molar refractivity (Wildman–Crippen MR) is 111 cm³/mol. The highest BCUT2D eigenvalue weighted by Crippen LogP contribution is 2.50. The molecule has 196 valence electrons. The monoisotopic (exact) mass is 546 g/mol. The number of hydrogen-bond acceptors (Lipinski definition) is 4. The molecule has 0 unspecified atom stereocenters. The lowest BCUT2D eigenvalue weighted by molar-refractivity contribution is -0.376. The van der Waals surface area contributed by atoms with E-state index in [1.165, 1.54) is 13.0 Å². The van der Waals surface area contributed by atoms with Crippen LogP contribution in [-0.4, -0.2) is 35.2 Å². The first-order valence-corrected chi connectivity index (χ1v) is 10.3. The molecule has 1 N–H and O–H groups in total. The van der Waals surface area contributed by atoms with Crippen LogP contribution in [0.1, 0.15) is 17.0 Å². The van der Waals surface area contributed by atoms with Crippen LogP contribution in [0.4, 0.5) is 45.2 Å². The standard InChI is InChI=1S/C22H16ClF9N2O2/c1-12-17(33-18(36-12)13-3-2-4-15(23)9-13)10-34(11-19(24,25)26)16-7-5-14(6-8-16)20(35,21(27,28)29)22(30,31)32/h2-9,35H,10-11H2,1H3. The third-order valence-electron chi connectivity index (χ3n) is 5.15. The lowest BCUT2D eigenvalue weighted by Gasteiger charge is -2.33. The van der Waals surface area contributed by atoms with Crippen molar-refractivity contribution < 1.29 is 49.0 Å². The zero-order chi connectivity index (χ0) is 27.1. The number of anilines is 1. The number of alkyl halides is 9. The first-order chi connectivity index (χ1) is 16.4. The van der Waals surface area contributed by atoms with E-state index in [4.69, 9.17) is 16.0 Å². The largest absolute Gasteiger partial charge is 0.441 e. The Bertz CT molecular complexity index is 1190. The third kappa shape index (κ3) is 5.72. The van der Waals surface area contributed by atoms with Crippen LogP contribution >= 0.6 is 11.6 Å². The molecule has 0 spiro atoms. The number of benzene rings is 2. The maximum atomic E-state index is 13.3. The zero-order valence-corrected chi connectivity index (χ0v) is 18.8. The average molecular weight is 547 g/mol. The molecule has 0 aliphatic rings. The van der Waals surface area contributed by atoms with Gasteiger partial charge in [0.1, 0.15) is 18.0 Å².